The molecule has 1 heterocycles. The summed E-state index contributed by atoms with van der Waals surface area (Å²) in [6.45, 7) is 0.678. The number of nitriles is 1. The topological polar surface area (TPSA) is 56.1 Å². The molecule has 0 aliphatic carbocycles. The quantitative estimate of drug-likeness (QED) is 0.623. The predicted molar refractivity (Wildman–Crippen MR) is 94.0 cm³/mol. The Morgan fingerprint density at radius 3 is 2.78 bits per heavy atom. The summed E-state index contributed by atoms with van der Waals surface area (Å²) in [4.78, 5) is 15.2. The van der Waals surface area contributed by atoms with Gasteiger partial charge in [-0.1, -0.05) is 11.6 Å². The predicted octanol–water partition coefficient (Wildman–Crippen LogP) is 4.90. The summed E-state index contributed by atoms with van der Waals surface area (Å²) < 4.78 is 0. The zero-order chi connectivity index (χ0) is 16.2. The minimum atomic E-state index is -0.158. The number of anilines is 2. The van der Waals surface area contributed by atoms with Crippen molar-refractivity contribution < 1.29 is 4.79 Å². The third-order valence-corrected chi connectivity index (χ3v) is 4.51. The van der Waals surface area contributed by atoms with Crippen molar-refractivity contribution >= 4 is 40.8 Å². The van der Waals surface area contributed by atoms with Crippen LogP contribution in [0.2, 0.25) is 5.02 Å². The summed E-state index contributed by atoms with van der Waals surface area (Å²) in [7, 11) is 0. The number of nitrogens with one attached hydrogen (secondary N) is 1. The first-order valence-corrected chi connectivity index (χ1v) is 8.40. The van der Waals surface area contributed by atoms with Crippen LogP contribution in [-0.4, -0.2) is 12.6 Å². The second kappa shape index (κ2) is 6.95. The summed E-state index contributed by atoms with van der Waals surface area (Å²) in [6.07, 6.45) is 1.82. The molecule has 1 aliphatic heterocycles. The molecule has 0 saturated heterocycles. The second-order valence-electron chi connectivity index (χ2n) is 5.18. The number of nitrogens with zero attached hydrogens (tertiary/aromatic N) is 2. The van der Waals surface area contributed by atoms with Gasteiger partial charge < -0.3 is 5.32 Å². The van der Waals surface area contributed by atoms with Crippen LogP contribution < -0.4 is 10.2 Å². The van der Waals surface area contributed by atoms with E-state index in [9.17, 15) is 4.79 Å². The van der Waals surface area contributed by atoms with Gasteiger partial charge in [-0.25, -0.2) is 4.79 Å². The molecular weight excluding hydrogens is 330 g/mol. The van der Waals surface area contributed by atoms with Crippen molar-refractivity contribution in [1.29, 1.82) is 5.26 Å². The van der Waals surface area contributed by atoms with E-state index in [0.29, 0.717) is 17.3 Å². The molecule has 0 aromatic heterocycles. The largest absolute Gasteiger partial charge is 0.326 e. The van der Waals surface area contributed by atoms with Gasteiger partial charge in [-0.3, -0.25) is 4.90 Å². The Morgan fingerprint density at radius 2 is 2.04 bits per heavy atom. The van der Waals surface area contributed by atoms with Crippen LogP contribution in [0.25, 0.3) is 0 Å². The SMILES string of the molecule is N#CSc1ccc2c(c1)CCCN2C(=O)Nc1ccc(Cl)cc1. The van der Waals surface area contributed by atoms with Crippen LogP contribution in [0, 0.1) is 10.7 Å². The van der Waals surface area contributed by atoms with Gasteiger partial charge in [0.05, 0.1) is 0 Å². The van der Waals surface area contributed by atoms with Crippen LogP contribution >= 0.6 is 23.4 Å². The lowest BCUT2D eigenvalue weighted by Gasteiger charge is -2.29. The number of aryl methyl sites for hydroxylation is 1. The van der Waals surface area contributed by atoms with Crippen molar-refractivity contribution in [2.75, 3.05) is 16.8 Å². The van der Waals surface area contributed by atoms with Crippen LogP contribution in [0.5, 0.6) is 0 Å². The van der Waals surface area contributed by atoms with Gasteiger partial charge in [0, 0.05) is 27.8 Å². The van der Waals surface area contributed by atoms with Gasteiger partial charge in [-0.05, 0) is 72.6 Å². The summed E-state index contributed by atoms with van der Waals surface area (Å²) in [5, 5.41) is 14.4. The summed E-state index contributed by atoms with van der Waals surface area (Å²) in [5.74, 6) is 0. The summed E-state index contributed by atoms with van der Waals surface area (Å²) in [6, 6.07) is 12.7. The molecule has 0 unspecified atom stereocenters. The maximum absolute atomic E-state index is 12.6. The van der Waals surface area contributed by atoms with E-state index in [1.165, 1.54) is 0 Å². The molecule has 0 atom stereocenters. The molecule has 4 nitrogen and oxygen atoms in total. The number of amides is 2. The van der Waals surface area contributed by atoms with Gasteiger partial charge in [0.25, 0.3) is 0 Å². The fourth-order valence-electron chi connectivity index (χ4n) is 2.62. The average Bonchev–Trinajstić information content (AvgIpc) is 2.56. The van der Waals surface area contributed by atoms with Gasteiger partial charge in [0.1, 0.15) is 5.40 Å². The van der Waals surface area contributed by atoms with Gasteiger partial charge >= 0.3 is 6.03 Å². The number of benzene rings is 2. The molecule has 6 heteroatoms. The fraction of sp³-hybridized carbons (Fsp3) is 0.176. The number of urea groups is 1. The van der Waals surface area contributed by atoms with Gasteiger partial charge in [0.15, 0.2) is 0 Å². The fourth-order valence-corrected chi connectivity index (χ4v) is 3.19. The molecule has 0 bridgehead atoms. The molecule has 2 aromatic rings. The molecule has 1 N–H and O–H groups in total. The monoisotopic (exact) mass is 343 g/mol. The minimum Gasteiger partial charge on any atom is -0.308 e. The summed E-state index contributed by atoms with van der Waals surface area (Å²) in [5.41, 5.74) is 2.72. The molecule has 23 heavy (non-hydrogen) atoms. The Bertz CT molecular complexity index is 770. The number of thioether (sulfide) groups is 1. The molecule has 0 saturated carbocycles. The molecular formula is C17H14ClN3OS. The highest BCUT2D eigenvalue weighted by Crippen LogP contribution is 2.31. The number of fused-ring (bicyclic) bond motifs is 1. The van der Waals surface area contributed by atoms with Crippen LogP contribution in [-0.2, 0) is 6.42 Å². The molecule has 2 amide bonds. The third-order valence-electron chi connectivity index (χ3n) is 3.67. The molecule has 3 rings (SSSR count). The van der Waals surface area contributed by atoms with E-state index in [0.717, 1.165) is 40.7 Å². The van der Waals surface area contributed by atoms with Crippen LogP contribution in [0.4, 0.5) is 16.2 Å². The van der Waals surface area contributed by atoms with E-state index in [2.05, 4.69) is 10.7 Å². The minimum absolute atomic E-state index is 0.158. The number of carbonyl (C=O) groups excluding carboxylic acids is 1. The highest BCUT2D eigenvalue weighted by molar-refractivity contribution is 8.03. The van der Waals surface area contributed by atoms with Crippen LogP contribution in [0.1, 0.15) is 12.0 Å². The average molecular weight is 344 g/mol. The van der Waals surface area contributed by atoms with E-state index in [1.807, 2.05) is 18.2 Å². The standard InChI is InChI=1S/C17H14ClN3OS/c18-13-3-5-14(6-4-13)20-17(22)21-9-1-2-12-10-15(23-11-19)7-8-16(12)21/h3-8,10H,1-2,9H2,(H,20,22). The smallest absolute Gasteiger partial charge is 0.308 e. The van der Waals surface area contributed by atoms with Crippen molar-refractivity contribution in [3.63, 3.8) is 0 Å². The lowest BCUT2D eigenvalue weighted by atomic mass is 10.0. The zero-order valence-corrected chi connectivity index (χ0v) is 13.8. The van der Waals surface area contributed by atoms with E-state index in [4.69, 9.17) is 16.9 Å². The molecule has 0 spiro atoms. The van der Waals surface area contributed by atoms with Gasteiger partial charge in [0.2, 0.25) is 0 Å². The van der Waals surface area contributed by atoms with E-state index >= 15 is 0 Å². The number of carbonyl (C=O) groups is 1. The van der Waals surface area contributed by atoms with E-state index in [-0.39, 0.29) is 6.03 Å². The van der Waals surface area contributed by atoms with Crippen molar-refractivity contribution in [3.8, 4) is 5.40 Å². The lowest BCUT2D eigenvalue weighted by Crippen LogP contribution is -2.38. The molecule has 1 aliphatic rings. The third kappa shape index (κ3) is 3.61. The maximum atomic E-state index is 12.6. The normalized spacial score (nSPS) is 13.1. The maximum Gasteiger partial charge on any atom is 0.326 e. The van der Waals surface area contributed by atoms with Crippen LogP contribution in [0.15, 0.2) is 47.4 Å². The second-order valence-corrected chi connectivity index (χ2v) is 6.47. The Labute approximate surface area is 144 Å². The number of halogens is 1. The highest BCUT2D eigenvalue weighted by atomic mass is 35.5. The number of rotatable bonds is 2. The Balaban J connectivity index is 1.80. The lowest BCUT2D eigenvalue weighted by molar-refractivity contribution is 0.256. The van der Waals surface area contributed by atoms with E-state index < -0.39 is 0 Å². The Kier molecular flexibility index (Phi) is 4.75. The Hall–Kier alpha value is -2.16. The van der Waals surface area contributed by atoms with Crippen molar-refractivity contribution in [2.45, 2.75) is 17.7 Å². The van der Waals surface area contributed by atoms with Gasteiger partial charge in [-0.2, -0.15) is 5.26 Å². The van der Waals surface area contributed by atoms with E-state index in [1.54, 1.807) is 29.2 Å². The number of hydrogen-bond donors (Lipinski definition) is 1. The highest BCUT2D eigenvalue weighted by Gasteiger charge is 2.22. The van der Waals surface area contributed by atoms with Gasteiger partial charge in [-0.15, -0.1) is 0 Å². The molecule has 0 radical (unpaired) electrons. The first-order chi connectivity index (χ1) is 11.2. The summed E-state index contributed by atoms with van der Waals surface area (Å²) >= 11 is 6.99. The van der Waals surface area contributed by atoms with Crippen molar-refractivity contribution in [2.24, 2.45) is 0 Å². The molecule has 2 aromatic carbocycles. The molecule has 0 fully saturated rings. The first kappa shape index (κ1) is 15.7. The molecule has 116 valence electrons. The number of thiocyanates is 1. The van der Waals surface area contributed by atoms with Crippen molar-refractivity contribution in [3.05, 3.63) is 53.1 Å². The van der Waals surface area contributed by atoms with Crippen LogP contribution in [0.3, 0.4) is 0 Å². The zero-order valence-electron chi connectivity index (χ0n) is 12.3. The van der Waals surface area contributed by atoms with Crippen molar-refractivity contribution in [1.82, 2.24) is 0 Å². The first-order valence-electron chi connectivity index (χ1n) is 7.20. The number of hydrogen-bond acceptors (Lipinski definition) is 3. The Morgan fingerprint density at radius 1 is 1.26 bits per heavy atom.